The minimum atomic E-state index is -1.02. The Kier molecular flexibility index (Phi) is 5.46. The van der Waals surface area contributed by atoms with Crippen molar-refractivity contribution in [3.63, 3.8) is 0 Å². The second kappa shape index (κ2) is 5.80. The molecule has 13 heavy (non-hydrogen) atoms. The van der Waals surface area contributed by atoms with Crippen molar-refractivity contribution < 1.29 is 13.6 Å². The quantitative estimate of drug-likeness (QED) is 0.550. The molecule has 0 unspecified atom stereocenters. The van der Waals surface area contributed by atoms with Crippen molar-refractivity contribution in [2.45, 2.75) is 13.8 Å². The minimum absolute atomic E-state index is 0.101. The van der Waals surface area contributed by atoms with Crippen molar-refractivity contribution in [2.75, 3.05) is 0 Å². The van der Waals surface area contributed by atoms with E-state index in [-0.39, 0.29) is 10.0 Å². The third-order valence-corrected chi connectivity index (χ3v) is 1.85. The molecule has 0 N–H and O–H groups in total. The Morgan fingerprint density at radius 3 is 2.15 bits per heavy atom. The Labute approximate surface area is 83.9 Å². The van der Waals surface area contributed by atoms with Gasteiger partial charge in [-0.15, -0.1) is 0 Å². The first-order chi connectivity index (χ1) is 6.15. The number of carbonyl (C=O) groups excluding carboxylic acids is 1. The molecule has 1 aromatic rings. The third kappa shape index (κ3) is 3.22. The zero-order valence-corrected chi connectivity index (χ0v) is 8.86. The van der Waals surface area contributed by atoms with E-state index < -0.39 is 11.6 Å². The monoisotopic (exact) mass is 250 g/mol. The van der Waals surface area contributed by atoms with Crippen LogP contribution in [0.3, 0.4) is 0 Å². The van der Waals surface area contributed by atoms with E-state index >= 15 is 0 Å². The van der Waals surface area contributed by atoms with Crippen molar-refractivity contribution in [2.24, 2.45) is 0 Å². The topological polar surface area (TPSA) is 17.1 Å². The first kappa shape index (κ1) is 12.2. The molecule has 0 aliphatic rings. The summed E-state index contributed by atoms with van der Waals surface area (Å²) in [5.74, 6) is -1.99. The van der Waals surface area contributed by atoms with Crippen LogP contribution in [-0.2, 0) is 0 Å². The molecule has 1 rings (SSSR count). The van der Waals surface area contributed by atoms with Gasteiger partial charge >= 0.3 is 0 Å². The molecule has 0 spiro atoms. The Hall–Kier alpha value is -0.770. The molecule has 72 valence electrons. The van der Waals surface area contributed by atoms with Gasteiger partial charge in [0.05, 0.1) is 0 Å². The summed E-state index contributed by atoms with van der Waals surface area (Å²) in [4.78, 5) is 10.2. The van der Waals surface area contributed by atoms with E-state index in [1.54, 1.807) is 0 Å². The molecule has 0 atom stereocenters. The normalized spacial score (nSPS) is 8.69. The summed E-state index contributed by atoms with van der Waals surface area (Å²) in [6, 6.07) is 1.76. The third-order valence-electron chi connectivity index (χ3n) is 1.17. The summed E-state index contributed by atoms with van der Waals surface area (Å²) in [7, 11) is 0. The average Bonchev–Trinajstić information content (AvgIpc) is 2.15. The van der Waals surface area contributed by atoms with Crippen LogP contribution in [0.4, 0.5) is 8.78 Å². The van der Waals surface area contributed by atoms with Crippen LogP contribution < -0.4 is 0 Å². The highest BCUT2D eigenvalue weighted by Gasteiger charge is 2.06. The number of aldehydes is 1. The van der Waals surface area contributed by atoms with E-state index in [9.17, 15) is 13.6 Å². The van der Waals surface area contributed by atoms with Gasteiger partial charge in [0.1, 0.15) is 0 Å². The van der Waals surface area contributed by atoms with Crippen molar-refractivity contribution in [1.29, 1.82) is 0 Å². The van der Waals surface area contributed by atoms with Crippen LogP contribution in [0.15, 0.2) is 16.6 Å². The molecular formula is C9H9BrF2O. The van der Waals surface area contributed by atoms with Gasteiger partial charge in [0.25, 0.3) is 0 Å². The van der Waals surface area contributed by atoms with Gasteiger partial charge in [0.2, 0.25) is 0 Å². The van der Waals surface area contributed by atoms with E-state index in [1.165, 1.54) is 0 Å². The van der Waals surface area contributed by atoms with E-state index in [0.29, 0.717) is 6.29 Å². The lowest BCUT2D eigenvalue weighted by Crippen LogP contribution is -1.89. The molecule has 1 nitrogen and oxygen atoms in total. The van der Waals surface area contributed by atoms with Crippen molar-refractivity contribution in [1.82, 2.24) is 0 Å². The summed E-state index contributed by atoms with van der Waals surface area (Å²) in [6.07, 6.45) is 0.451. The zero-order valence-electron chi connectivity index (χ0n) is 7.27. The fourth-order valence-electron chi connectivity index (χ4n) is 0.628. The summed E-state index contributed by atoms with van der Waals surface area (Å²) in [5.41, 5.74) is 0.101. The van der Waals surface area contributed by atoms with E-state index in [4.69, 9.17) is 0 Å². The molecule has 0 heterocycles. The van der Waals surface area contributed by atoms with Gasteiger partial charge in [-0.1, -0.05) is 13.8 Å². The molecule has 0 aliphatic heterocycles. The van der Waals surface area contributed by atoms with Gasteiger partial charge in [0, 0.05) is 10.0 Å². The second-order valence-electron chi connectivity index (χ2n) is 1.91. The van der Waals surface area contributed by atoms with Gasteiger partial charge in [-0.3, -0.25) is 4.79 Å². The second-order valence-corrected chi connectivity index (χ2v) is 2.76. The van der Waals surface area contributed by atoms with Crippen molar-refractivity contribution in [3.05, 3.63) is 33.8 Å². The van der Waals surface area contributed by atoms with Crippen LogP contribution in [-0.4, -0.2) is 6.29 Å². The number of hydrogen-bond acceptors (Lipinski definition) is 1. The summed E-state index contributed by atoms with van der Waals surface area (Å²) in [6.45, 7) is 4.00. The molecule has 0 saturated carbocycles. The van der Waals surface area contributed by atoms with E-state index in [2.05, 4.69) is 15.9 Å². The molecule has 0 aromatic heterocycles. The SMILES string of the molecule is CC.O=Cc1cc(F)c(F)cc1Br. The highest BCUT2D eigenvalue weighted by molar-refractivity contribution is 9.10. The molecule has 0 radical (unpaired) electrons. The molecule has 4 heteroatoms. The van der Waals surface area contributed by atoms with E-state index in [0.717, 1.165) is 12.1 Å². The van der Waals surface area contributed by atoms with Gasteiger partial charge in [-0.05, 0) is 28.1 Å². The van der Waals surface area contributed by atoms with Crippen LogP contribution in [0.25, 0.3) is 0 Å². The number of rotatable bonds is 1. The Bertz CT molecular complexity index is 300. The van der Waals surface area contributed by atoms with Crippen LogP contribution in [0.5, 0.6) is 0 Å². The van der Waals surface area contributed by atoms with Gasteiger partial charge < -0.3 is 0 Å². The fourth-order valence-corrected chi connectivity index (χ4v) is 1.04. The van der Waals surface area contributed by atoms with Crippen LogP contribution in [0.1, 0.15) is 24.2 Å². The Morgan fingerprint density at radius 1 is 1.23 bits per heavy atom. The smallest absolute Gasteiger partial charge is 0.159 e. The maximum absolute atomic E-state index is 12.4. The van der Waals surface area contributed by atoms with Gasteiger partial charge in [-0.25, -0.2) is 8.78 Å². The van der Waals surface area contributed by atoms with Crippen LogP contribution in [0.2, 0.25) is 0 Å². The van der Waals surface area contributed by atoms with Crippen molar-refractivity contribution >= 4 is 22.2 Å². The molecule has 0 bridgehead atoms. The summed E-state index contributed by atoms with van der Waals surface area (Å²) >= 11 is 2.90. The van der Waals surface area contributed by atoms with E-state index in [1.807, 2.05) is 13.8 Å². The fraction of sp³-hybridized carbons (Fsp3) is 0.222. The largest absolute Gasteiger partial charge is 0.298 e. The number of hydrogen-bond donors (Lipinski definition) is 0. The predicted octanol–water partition coefficient (Wildman–Crippen LogP) is 3.57. The Balaban J connectivity index is 0.000000671. The van der Waals surface area contributed by atoms with Crippen LogP contribution >= 0.6 is 15.9 Å². The predicted molar refractivity (Wildman–Crippen MR) is 50.8 cm³/mol. The lowest BCUT2D eigenvalue weighted by atomic mass is 10.2. The first-order valence-corrected chi connectivity index (χ1v) is 4.54. The zero-order chi connectivity index (χ0) is 10.4. The maximum atomic E-state index is 12.4. The molecule has 0 fully saturated rings. The summed E-state index contributed by atoms with van der Waals surface area (Å²) < 4.78 is 25.0. The minimum Gasteiger partial charge on any atom is -0.298 e. The maximum Gasteiger partial charge on any atom is 0.159 e. The lowest BCUT2D eigenvalue weighted by Gasteiger charge is -1.96. The van der Waals surface area contributed by atoms with Gasteiger partial charge in [-0.2, -0.15) is 0 Å². The Morgan fingerprint density at radius 2 is 1.69 bits per heavy atom. The number of benzene rings is 1. The molecule has 0 aliphatic carbocycles. The molecule has 0 saturated heterocycles. The number of carbonyl (C=O) groups is 1. The highest BCUT2D eigenvalue weighted by Crippen LogP contribution is 2.18. The molecule has 1 aromatic carbocycles. The first-order valence-electron chi connectivity index (χ1n) is 3.75. The van der Waals surface area contributed by atoms with Gasteiger partial charge in [0.15, 0.2) is 17.9 Å². The lowest BCUT2D eigenvalue weighted by molar-refractivity contribution is 0.112. The average molecular weight is 251 g/mol. The summed E-state index contributed by atoms with van der Waals surface area (Å²) in [5, 5.41) is 0. The standard InChI is InChI=1S/C7H3BrF2O.C2H6/c8-5-2-7(10)6(9)1-4(5)3-11;1-2/h1-3H;1-2H3. The number of halogens is 3. The van der Waals surface area contributed by atoms with Crippen molar-refractivity contribution in [3.8, 4) is 0 Å². The van der Waals surface area contributed by atoms with Crippen LogP contribution in [0, 0.1) is 11.6 Å². The molecular weight excluding hydrogens is 242 g/mol. The highest BCUT2D eigenvalue weighted by atomic mass is 79.9. The molecule has 0 amide bonds.